The number of fused-ring (bicyclic) bond motifs is 1. The van der Waals surface area contributed by atoms with Gasteiger partial charge in [0.15, 0.2) is 5.82 Å². The van der Waals surface area contributed by atoms with Crippen LogP contribution in [0.15, 0.2) is 84.1 Å². The smallest absolute Gasteiger partial charge is 0.260 e. The molecule has 132 valence electrons. The lowest BCUT2D eigenvalue weighted by atomic mass is 10.2. The minimum Gasteiger partial charge on any atom is -0.313 e. The van der Waals surface area contributed by atoms with E-state index in [1.165, 1.54) is 0 Å². The van der Waals surface area contributed by atoms with E-state index in [1.54, 1.807) is 12.4 Å². The van der Waals surface area contributed by atoms with Crippen LogP contribution in [0.25, 0.3) is 22.6 Å². The second-order valence-corrected chi connectivity index (χ2v) is 5.93. The van der Waals surface area contributed by atoms with Crippen LogP contribution in [-0.4, -0.2) is 26.7 Å². The van der Waals surface area contributed by atoms with Gasteiger partial charge in [-0.25, -0.2) is 10.4 Å². The van der Waals surface area contributed by atoms with E-state index < -0.39 is 0 Å². The second kappa shape index (κ2) is 7.61. The minimum absolute atomic E-state index is 0.0958. The predicted molar refractivity (Wildman–Crippen MR) is 105 cm³/mol. The Morgan fingerprint density at radius 1 is 1.00 bits per heavy atom. The summed E-state index contributed by atoms with van der Waals surface area (Å²) >= 11 is 0. The maximum absolute atomic E-state index is 12.4. The summed E-state index contributed by atoms with van der Waals surface area (Å²) in [4.78, 5) is 21.4. The maximum Gasteiger partial charge on any atom is 0.260 e. The fourth-order valence-corrected chi connectivity index (χ4v) is 2.82. The summed E-state index contributed by atoms with van der Waals surface area (Å²) in [7, 11) is 0. The molecule has 0 fully saturated rings. The van der Waals surface area contributed by atoms with Crippen molar-refractivity contribution in [1.82, 2.24) is 20.0 Å². The Hall–Kier alpha value is -3.80. The summed E-state index contributed by atoms with van der Waals surface area (Å²) in [6.07, 6.45) is 3.33. The molecule has 0 aliphatic carbocycles. The molecule has 6 heteroatoms. The number of imidazole rings is 1. The lowest BCUT2D eigenvalue weighted by Gasteiger charge is -2.07. The van der Waals surface area contributed by atoms with E-state index in [0.29, 0.717) is 11.5 Å². The van der Waals surface area contributed by atoms with Crippen molar-refractivity contribution in [1.29, 1.82) is 0 Å². The molecule has 27 heavy (non-hydrogen) atoms. The third kappa shape index (κ3) is 3.74. The molecule has 1 N–H and O–H groups in total. The van der Waals surface area contributed by atoms with Gasteiger partial charge in [0.25, 0.3) is 5.91 Å². The van der Waals surface area contributed by atoms with Gasteiger partial charge in [0, 0.05) is 6.20 Å². The molecule has 0 atom stereocenters. The fourth-order valence-electron chi connectivity index (χ4n) is 2.82. The zero-order valence-electron chi connectivity index (χ0n) is 14.5. The molecule has 1 amide bonds. The van der Waals surface area contributed by atoms with Crippen molar-refractivity contribution in [3.05, 3.63) is 84.6 Å². The van der Waals surface area contributed by atoms with Gasteiger partial charge in [-0.15, -0.1) is 0 Å². The van der Waals surface area contributed by atoms with Gasteiger partial charge >= 0.3 is 0 Å². The van der Waals surface area contributed by atoms with Gasteiger partial charge in [-0.2, -0.15) is 5.10 Å². The van der Waals surface area contributed by atoms with E-state index in [9.17, 15) is 4.79 Å². The summed E-state index contributed by atoms with van der Waals surface area (Å²) < 4.78 is 1.85. The first-order valence-electron chi connectivity index (χ1n) is 8.55. The summed E-state index contributed by atoms with van der Waals surface area (Å²) in [6, 6.07) is 22.9. The fraction of sp³-hybridized carbons (Fsp3) is 0.0476. The number of nitrogens with zero attached hydrogens (tertiary/aromatic N) is 4. The number of hydrogen-bond donors (Lipinski definition) is 1. The number of para-hydroxylation sites is 2. The highest BCUT2D eigenvalue weighted by atomic mass is 16.2. The van der Waals surface area contributed by atoms with E-state index in [0.717, 1.165) is 16.6 Å². The van der Waals surface area contributed by atoms with Gasteiger partial charge in [0.1, 0.15) is 12.2 Å². The van der Waals surface area contributed by atoms with Gasteiger partial charge in [-0.1, -0.05) is 48.5 Å². The van der Waals surface area contributed by atoms with Crippen molar-refractivity contribution in [2.24, 2.45) is 5.10 Å². The monoisotopic (exact) mass is 355 g/mol. The second-order valence-electron chi connectivity index (χ2n) is 5.93. The van der Waals surface area contributed by atoms with Crippen LogP contribution in [0.5, 0.6) is 0 Å². The SMILES string of the molecule is O=C(Cn1c(-c2ccccn2)nc2ccccc21)NN=Cc1ccccc1. The number of carbonyl (C=O) groups is 1. The van der Waals surface area contributed by atoms with Gasteiger partial charge in [0.05, 0.1) is 17.2 Å². The van der Waals surface area contributed by atoms with Crippen molar-refractivity contribution in [3.8, 4) is 11.5 Å². The van der Waals surface area contributed by atoms with Crippen molar-refractivity contribution < 1.29 is 4.79 Å². The lowest BCUT2D eigenvalue weighted by Crippen LogP contribution is -2.23. The Kier molecular flexibility index (Phi) is 4.70. The molecule has 0 aliphatic heterocycles. The predicted octanol–water partition coefficient (Wildman–Crippen LogP) is 3.25. The Bertz CT molecular complexity index is 1090. The molecule has 2 aromatic heterocycles. The van der Waals surface area contributed by atoms with E-state index in [1.807, 2.05) is 77.4 Å². The van der Waals surface area contributed by atoms with E-state index in [4.69, 9.17) is 0 Å². The molecule has 0 bridgehead atoms. The molecule has 0 unspecified atom stereocenters. The first kappa shape index (κ1) is 16.7. The largest absolute Gasteiger partial charge is 0.313 e. The summed E-state index contributed by atoms with van der Waals surface area (Å²) in [5.74, 6) is 0.418. The number of hydrazone groups is 1. The number of rotatable bonds is 5. The topological polar surface area (TPSA) is 72.2 Å². The molecule has 0 saturated carbocycles. The van der Waals surface area contributed by atoms with E-state index in [-0.39, 0.29) is 12.5 Å². The van der Waals surface area contributed by atoms with Gasteiger partial charge < -0.3 is 4.57 Å². The molecule has 0 aliphatic rings. The lowest BCUT2D eigenvalue weighted by molar-refractivity contribution is -0.121. The average Bonchev–Trinajstić information content (AvgIpc) is 3.08. The van der Waals surface area contributed by atoms with Crippen LogP contribution in [0.3, 0.4) is 0 Å². The number of carbonyl (C=O) groups excluding carboxylic acids is 1. The zero-order valence-corrected chi connectivity index (χ0v) is 14.5. The Morgan fingerprint density at radius 3 is 2.59 bits per heavy atom. The molecule has 2 aromatic carbocycles. The van der Waals surface area contributed by atoms with Gasteiger partial charge in [0.2, 0.25) is 0 Å². The quantitative estimate of drug-likeness (QED) is 0.441. The summed E-state index contributed by atoms with van der Waals surface area (Å²) in [5.41, 5.74) is 5.90. The number of benzene rings is 2. The van der Waals surface area contributed by atoms with Crippen LogP contribution in [0.2, 0.25) is 0 Å². The van der Waals surface area contributed by atoms with Crippen LogP contribution in [0.4, 0.5) is 0 Å². The number of nitrogens with one attached hydrogen (secondary N) is 1. The highest BCUT2D eigenvalue weighted by Crippen LogP contribution is 2.23. The van der Waals surface area contributed by atoms with Gasteiger partial charge in [-0.05, 0) is 29.8 Å². The number of pyridine rings is 1. The van der Waals surface area contributed by atoms with Crippen molar-refractivity contribution in [2.45, 2.75) is 6.54 Å². The molecule has 0 radical (unpaired) electrons. The highest BCUT2D eigenvalue weighted by Gasteiger charge is 2.15. The molecular weight excluding hydrogens is 338 g/mol. The number of hydrogen-bond acceptors (Lipinski definition) is 4. The van der Waals surface area contributed by atoms with Crippen LogP contribution in [0, 0.1) is 0 Å². The molecule has 0 saturated heterocycles. The molecule has 4 aromatic rings. The number of amides is 1. The average molecular weight is 355 g/mol. The molecular formula is C21H17N5O. The normalized spacial score (nSPS) is 11.1. The van der Waals surface area contributed by atoms with Crippen LogP contribution in [0.1, 0.15) is 5.56 Å². The Balaban J connectivity index is 1.59. The third-order valence-corrected chi connectivity index (χ3v) is 4.05. The first-order chi connectivity index (χ1) is 13.3. The van der Waals surface area contributed by atoms with Crippen molar-refractivity contribution in [2.75, 3.05) is 0 Å². The first-order valence-corrected chi connectivity index (χ1v) is 8.55. The van der Waals surface area contributed by atoms with Crippen LogP contribution in [-0.2, 0) is 11.3 Å². The summed E-state index contributed by atoms with van der Waals surface area (Å²) in [6.45, 7) is 0.0958. The van der Waals surface area contributed by atoms with Crippen LogP contribution < -0.4 is 5.43 Å². The van der Waals surface area contributed by atoms with Crippen LogP contribution >= 0.6 is 0 Å². The highest BCUT2D eigenvalue weighted by molar-refractivity contribution is 5.85. The van der Waals surface area contributed by atoms with Crippen molar-refractivity contribution in [3.63, 3.8) is 0 Å². The Labute approximate surface area is 156 Å². The van der Waals surface area contributed by atoms with Gasteiger partial charge in [-0.3, -0.25) is 9.78 Å². The number of aromatic nitrogens is 3. The van der Waals surface area contributed by atoms with Crippen molar-refractivity contribution >= 4 is 23.2 Å². The molecule has 4 rings (SSSR count). The molecule has 2 heterocycles. The summed E-state index contributed by atoms with van der Waals surface area (Å²) in [5, 5.41) is 4.03. The zero-order chi connectivity index (χ0) is 18.5. The van der Waals surface area contributed by atoms with E-state index in [2.05, 4.69) is 20.5 Å². The third-order valence-electron chi connectivity index (χ3n) is 4.05. The maximum atomic E-state index is 12.4. The Morgan fingerprint density at radius 2 is 1.78 bits per heavy atom. The standard InChI is InChI=1S/C21H17N5O/c27-20(25-23-14-16-8-2-1-3-9-16)15-26-19-12-5-4-10-17(19)24-21(26)18-11-6-7-13-22-18/h1-14H,15H2,(H,25,27). The van der Waals surface area contributed by atoms with E-state index >= 15 is 0 Å². The molecule has 0 spiro atoms. The minimum atomic E-state index is -0.234. The molecule has 6 nitrogen and oxygen atoms in total.